The molecule has 320 valence electrons. The molecule has 4 unspecified atom stereocenters. The van der Waals surface area contributed by atoms with Crippen molar-refractivity contribution in [1.82, 2.24) is 29.8 Å². The molecule has 4 aliphatic heterocycles. The number of amides is 1. The summed E-state index contributed by atoms with van der Waals surface area (Å²) in [5.41, 5.74) is 3.49. The van der Waals surface area contributed by atoms with E-state index in [4.69, 9.17) is 25.3 Å². The number of nitrogens with zero attached hydrogens (tertiary/aromatic N) is 5. The van der Waals surface area contributed by atoms with Crippen LogP contribution in [-0.4, -0.2) is 144 Å². The molecule has 0 radical (unpaired) electrons. The zero-order chi connectivity index (χ0) is 41.5. The summed E-state index contributed by atoms with van der Waals surface area (Å²) in [6.07, 6.45) is 9.97. The van der Waals surface area contributed by atoms with Gasteiger partial charge in [-0.15, -0.1) is 0 Å². The third-order valence-electron chi connectivity index (χ3n) is 12.9. The normalized spacial score (nSPS) is 26.3. The second-order valence-electron chi connectivity index (χ2n) is 17.2. The molecule has 2 aromatic rings. The Morgan fingerprint density at radius 1 is 0.644 bits per heavy atom. The summed E-state index contributed by atoms with van der Waals surface area (Å²) < 4.78 is 29.2. The summed E-state index contributed by atoms with van der Waals surface area (Å²) in [5.74, 6) is 0.0709. The first-order valence-electron chi connectivity index (χ1n) is 21.8. The van der Waals surface area contributed by atoms with E-state index >= 15 is 0 Å². The molecule has 2 aromatic carbocycles. The summed E-state index contributed by atoms with van der Waals surface area (Å²) in [5, 5.41) is 3.76. The number of benzene rings is 2. The average Bonchev–Trinajstić information content (AvgIpc) is 4.18. The molecule has 1 N–H and O–H groups in total. The van der Waals surface area contributed by atoms with Gasteiger partial charge in [0.15, 0.2) is 11.6 Å². The van der Waals surface area contributed by atoms with E-state index in [1.165, 1.54) is 23.3 Å². The highest BCUT2D eigenvalue weighted by Crippen LogP contribution is 2.41. The maximum atomic E-state index is 14.6. The standard InChI is InChI=1S/C24H32FN3O2S.C22H30FN3OS/c1-17(29)27-14-12-26(13-15-27)10-8-19-16-28(11-9-22(19)31)23(24(30)18-6-7-18)20-4-2-3-5-21(20)25;23-19-4-2-1-3-18(19)21(22(27)16-5-6-16)26-12-8-20(28)17(15-26)7-11-25-13-9-24-10-14-25/h2-5,8,18,22-23,31H,6-7,9-16H2,1H3;1-4,7,16,20-21,24,28H,5-6,8-15H2/b19-8+;17-7+. The second kappa shape index (κ2) is 20.8. The SMILES string of the molecule is CC(=O)N1CCN(C/C=C2\CN(C(C(=O)C3CC3)c3ccccc3F)CCC2S)CC1.O=C(C1CC1)C(c1ccccc1F)N1CCC(S)/C(=C/CN2CCNCC2)C1. The Morgan fingerprint density at radius 2 is 1.07 bits per heavy atom. The Balaban J connectivity index is 0.000000180. The van der Waals surface area contributed by atoms with Crippen molar-refractivity contribution in [2.24, 2.45) is 11.8 Å². The van der Waals surface area contributed by atoms with Crippen LogP contribution >= 0.6 is 25.3 Å². The lowest BCUT2D eigenvalue weighted by Gasteiger charge is -2.38. The van der Waals surface area contributed by atoms with Crippen molar-refractivity contribution < 1.29 is 23.2 Å². The number of halogens is 2. The smallest absolute Gasteiger partial charge is 0.219 e. The molecule has 4 heterocycles. The minimum absolute atomic E-state index is 0.0725. The molecule has 13 heteroatoms. The fourth-order valence-electron chi connectivity index (χ4n) is 8.89. The number of hydrogen-bond donors (Lipinski definition) is 3. The first-order valence-corrected chi connectivity index (χ1v) is 22.8. The van der Waals surface area contributed by atoms with Gasteiger partial charge in [-0.25, -0.2) is 8.78 Å². The van der Waals surface area contributed by atoms with E-state index in [1.807, 2.05) is 17.0 Å². The number of carbonyl (C=O) groups is 3. The zero-order valence-electron chi connectivity index (χ0n) is 34.5. The number of rotatable bonds is 12. The van der Waals surface area contributed by atoms with Gasteiger partial charge in [-0.3, -0.25) is 34.0 Å². The lowest BCUT2D eigenvalue weighted by molar-refractivity contribution is -0.130. The molecule has 0 aromatic heterocycles. The van der Waals surface area contributed by atoms with Crippen LogP contribution in [0.25, 0.3) is 0 Å². The monoisotopic (exact) mass is 848 g/mol. The van der Waals surface area contributed by atoms with Crippen LogP contribution in [0.5, 0.6) is 0 Å². The number of carbonyl (C=O) groups excluding carboxylic acids is 3. The summed E-state index contributed by atoms with van der Waals surface area (Å²) in [6, 6.07) is 12.5. The predicted octanol–water partition coefficient (Wildman–Crippen LogP) is 5.62. The summed E-state index contributed by atoms with van der Waals surface area (Å²) in [6.45, 7) is 13.6. The number of Topliss-reactive ketones (excluding diaryl/α,β-unsaturated/α-hetero) is 2. The van der Waals surface area contributed by atoms with Crippen LogP contribution in [0.2, 0.25) is 0 Å². The van der Waals surface area contributed by atoms with Crippen LogP contribution in [0, 0.1) is 23.5 Å². The minimum Gasteiger partial charge on any atom is -0.340 e. The van der Waals surface area contributed by atoms with Crippen LogP contribution in [0.4, 0.5) is 8.78 Å². The Labute approximate surface area is 360 Å². The molecule has 0 bridgehead atoms. The Kier molecular flexibility index (Phi) is 15.5. The number of thiol groups is 2. The summed E-state index contributed by atoms with van der Waals surface area (Å²) in [4.78, 5) is 48.8. The molecule has 6 aliphatic rings. The van der Waals surface area contributed by atoms with Gasteiger partial charge in [0.05, 0.1) is 12.1 Å². The predicted molar refractivity (Wildman–Crippen MR) is 236 cm³/mol. The third kappa shape index (κ3) is 11.7. The van der Waals surface area contributed by atoms with Crippen molar-refractivity contribution in [2.75, 3.05) is 91.6 Å². The number of piperidine rings is 2. The minimum atomic E-state index is -0.517. The highest BCUT2D eigenvalue weighted by atomic mass is 32.1. The van der Waals surface area contributed by atoms with E-state index < -0.39 is 12.1 Å². The molecule has 9 nitrogen and oxygen atoms in total. The first-order chi connectivity index (χ1) is 28.6. The summed E-state index contributed by atoms with van der Waals surface area (Å²) >= 11 is 9.58. The molecule has 6 fully saturated rings. The number of ketones is 2. The van der Waals surface area contributed by atoms with Gasteiger partial charge >= 0.3 is 0 Å². The third-order valence-corrected chi connectivity index (χ3v) is 14.1. The molecule has 2 aliphatic carbocycles. The molecular formula is C46H62F2N6O3S2. The van der Waals surface area contributed by atoms with Crippen LogP contribution in [0.1, 0.15) is 68.7 Å². The second-order valence-corrected chi connectivity index (χ2v) is 18.4. The van der Waals surface area contributed by atoms with Crippen molar-refractivity contribution >= 4 is 42.7 Å². The van der Waals surface area contributed by atoms with Gasteiger partial charge < -0.3 is 10.2 Å². The largest absolute Gasteiger partial charge is 0.340 e. The van der Waals surface area contributed by atoms with E-state index in [-0.39, 0.29) is 51.4 Å². The lowest BCUT2D eigenvalue weighted by atomic mass is 9.93. The quantitative estimate of drug-likeness (QED) is 0.188. The zero-order valence-corrected chi connectivity index (χ0v) is 36.3. The molecule has 59 heavy (non-hydrogen) atoms. The maximum Gasteiger partial charge on any atom is 0.219 e. The number of likely N-dealkylation sites (tertiary alicyclic amines) is 2. The van der Waals surface area contributed by atoms with Gasteiger partial charge in [-0.1, -0.05) is 48.6 Å². The van der Waals surface area contributed by atoms with Gasteiger partial charge in [0.1, 0.15) is 11.6 Å². The van der Waals surface area contributed by atoms with Crippen LogP contribution in [0.3, 0.4) is 0 Å². The van der Waals surface area contributed by atoms with E-state index in [0.29, 0.717) is 24.2 Å². The van der Waals surface area contributed by atoms with Gasteiger partial charge in [0.25, 0.3) is 0 Å². The topological polar surface area (TPSA) is 79.4 Å². The van der Waals surface area contributed by atoms with Gasteiger partial charge in [0, 0.05) is 132 Å². The Bertz CT molecular complexity index is 1840. The summed E-state index contributed by atoms with van der Waals surface area (Å²) in [7, 11) is 0. The molecule has 1 amide bonds. The van der Waals surface area contributed by atoms with E-state index in [2.05, 4.69) is 37.1 Å². The Morgan fingerprint density at radius 3 is 1.47 bits per heavy atom. The van der Waals surface area contributed by atoms with Crippen molar-refractivity contribution in [2.45, 2.75) is 68.0 Å². The van der Waals surface area contributed by atoms with Gasteiger partial charge in [0.2, 0.25) is 5.91 Å². The highest BCUT2D eigenvalue weighted by Gasteiger charge is 2.42. The van der Waals surface area contributed by atoms with Crippen molar-refractivity contribution in [3.8, 4) is 0 Å². The number of nitrogens with one attached hydrogen (secondary N) is 1. The first kappa shape index (κ1) is 44.2. The lowest BCUT2D eigenvalue weighted by Crippen LogP contribution is -2.48. The molecule has 4 atom stereocenters. The number of hydrogen-bond acceptors (Lipinski definition) is 10. The van der Waals surface area contributed by atoms with E-state index in [0.717, 1.165) is 117 Å². The van der Waals surface area contributed by atoms with Crippen molar-refractivity contribution in [1.29, 1.82) is 0 Å². The number of piperazine rings is 2. The molecule has 8 rings (SSSR count). The highest BCUT2D eigenvalue weighted by molar-refractivity contribution is 7.81. The maximum absolute atomic E-state index is 14.6. The fraction of sp³-hybridized carbons (Fsp3) is 0.587. The van der Waals surface area contributed by atoms with Crippen molar-refractivity contribution in [3.63, 3.8) is 0 Å². The van der Waals surface area contributed by atoms with Crippen LogP contribution in [-0.2, 0) is 14.4 Å². The fourth-order valence-corrected chi connectivity index (χ4v) is 9.50. The average molecular weight is 849 g/mol. The van der Waals surface area contributed by atoms with Crippen LogP contribution < -0.4 is 5.32 Å². The molecule has 2 saturated carbocycles. The Hall–Kier alpha value is -2.91. The molecular weight excluding hydrogens is 787 g/mol. The van der Waals surface area contributed by atoms with Gasteiger partial charge in [-0.05, 0) is 61.8 Å². The van der Waals surface area contributed by atoms with Crippen molar-refractivity contribution in [3.05, 3.63) is 94.6 Å². The molecule has 4 saturated heterocycles. The van der Waals surface area contributed by atoms with Gasteiger partial charge in [-0.2, -0.15) is 25.3 Å². The van der Waals surface area contributed by atoms with E-state index in [9.17, 15) is 23.2 Å². The molecule has 0 spiro atoms. The van der Waals surface area contributed by atoms with E-state index in [1.54, 1.807) is 31.2 Å². The van der Waals surface area contributed by atoms with Crippen LogP contribution in [0.15, 0.2) is 71.8 Å².